The first kappa shape index (κ1) is 18.8. The zero-order valence-corrected chi connectivity index (χ0v) is 15.5. The van der Waals surface area contributed by atoms with Crippen molar-refractivity contribution in [1.82, 2.24) is 9.97 Å². The fraction of sp³-hybridized carbons (Fsp3) is 0.190. The molecule has 4 rings (SSSR count). The van der Waals surface area contributed by atoms with Gasteiger partial charge >= 0.3 is 0 Å². The van der Waals surface area contributed by atoms with Crippen LogP contribution in [0.5, 0.6) is 0 Å². The largest absolute Gasteiger partial charge is 0.372 e. The minimum atomic E-state index is -0.757. The lowest BCUT2D eigenvalue weighted by Crippen LogP contribution is -2.18. The third-order valence-corrected chi connectivity index (χ3v) is 4.71. The Morgan fingerprint density at radius 2 is 1.66 bits per heavy atom. The number of benzene rings is 2. The number of hydrogen-bond donors (Lipinski definition) is 2. The van der Waals surface area contributed by atoms with Crippen molar-refractivity contribution >= 4 is 28.8 Å². The number of halogens is 2. The number of nitrogens with one attached hydrogen (secondary N) is 2. The molecule has 8 heteroatoms. The Balaban J connectivity index is 1.46. The molecule has 3 aromatic rings. The second-order valence-corrected chi connectivity index (χ2v) is 6.71. The van der Waals surface area contributed by atoms with Crippen molar-refractivity contribution < 1.29 is 13.6 Å². The number of carbonyl (C=O) groups excluding carboxylic acids is 1. The van der Waals surface area contributed by atoms with Crippen LogP contribution in [0.25, 0.3) is 0 Å². The molecule has 1 amide bonds. The quantitative estimate of drug-likeness (QED) is 0.672. The molecule has 29 heavy (non-hydrogen) atoms. The maximum atomic E-state index is 13.8. The molecule has 0 spiro atoms. The van der Waals surface area contributed by atoms with Crippen LogP contribution in [0.1, 0.15) is 23.3 Å². The molecule has 0 atom stereocenters. The van der Waals surface area contributed by atoms with Crippen LogP contribution in [0.3, 0.4) is 0 Å². The lowest BCUT2D eigenvalue weighted by Gasteiger charge is -2.17. The number of rotatable bonds is 5. The van der Waals surface area contributed by atoms with E-state index in [1.165, 1.54) is 25.0 Å². The summed E-state index contributed by atoms with van der Waals surface area (Å²) in [5.74, 6) is -1.85. The molecule has 1 aliphatic rings. The third-order valence-electron chi connectivity index (χ3n) is 4.71. The van der Waals surface area contributed by atoms with Crippen molar-refractivity contribution in [1.29, 1.82) is 0 Å². The van der Waals surface area contributed by atoms with Gasteiger partial charge in [0.05, 0.1) is 0 Å². The summed E-state index contributed by atoms with van der Waals surface area (Å²) in [6.45, 7) is 2.09. The van der Waals surface area contributed by atoms with Gasteiger partial charge in [-0.1, -0.05) is 6.07 Å². The highest BCUT2D eigenvalue weighted by Crippen LogP contribution is 2.24. The van der Waals surface area contributed by atoms with Crippen molar-refractivity contribution in [3.8, 4) is 0 Å². The van der Waals surface area contributed by atoms with Gasteiger partial charge in [0.1, 0.15) is 35.2 Å². The van der Waals surface area contributed by atoms with Gasteiger partial charge in [-0.25, -0.2) is 18.7 Å². The first-order valence-electron chi connectivity index (χ1n) is 9.29. The minimum absolute atomic E-state index is 0.0721. The van der Waals surface area contributed by atoms with Gasteiger partial charge in [-0.2, -0.15) is 0 Å². The molecule has 0 radical (unpaired) electrons. The van der Waals surface area contributed by atoms with Crippen LogP contribution in [0, 0.1) is 11.6 Å². The highest BCUT2D eigenvalue weighted by atomic mass is 19.1. The molecule has 1 aromatic heterocycles. The normalized spacial score (nSPS) is 13.4. The van der Waals surface area contributed by atoms with Crippen LogP contribution >= 0.6 is 0 Å². The highest BCUT2D eigenvalue weighted by Gasteiger charge is 2.14. The lowest BCUT2D eigenvalue weighted by molar-refractivity contribution is 0.102. The van der Waals surface area contributed by atoms with Gasteiger partial charge in [0.25, 0.3) is 5.91 Å². The molecule has 0 saturated carbocycles. The number of carbonyl (C=O) groups is 1. The summed E-state index contributed by atoms with van der Waals surface area (Å²) in [5.41, 5.74) is 1.49. The second-order valence-electron chi connectivity index (χ2n) is 6.71. The van der Waals surface area contributed by atoms with E-state index in [1.807, 2.05) is 24.3 Å². The van der Waals surface area contributed by atoms with E-state index in [4.69, 9.17) is 0 Å². The summed E-state index contributed by atoms with van der Waals surface area (Å²) >= 11 is 0. The Bertz CT molecular complexity index is 1000. The van der Waals surface area contributed by atoms with Crippen molar-refractivity contribution in [3.63, 3.8) is 0 Å². The number of anilines is 4. The van der Waals surface area contributed by atoms with E-state index in [2.05, 4.69) is 25.5 Å². The Morgan fingerprint density at radius 3 is 2.34 bits per heavy atom. The van der Waals surface area contributed by atoms with Crippen LogP contribution in [0.15, 0.2) is 54.9 Å². The zero-order chi connectivity index (χ0) is 20.2. The van der Waals surface area contributed by atoms with E-state index >= 15 is 0 Å². The van der Waals surface area contributed by atoms with Crippen LogP contribution < -0.4 is 15.5 Å². The van der Waals surface area contributed by atoms with Gasteiger partial charge in [0.2, 0.25) is 0 Å². The summed E-state index contributed by atoms with van der Waals surface area (Å²) in [6, 6.07) is 12.5. The van der Waals surface area contributed by atoms with E-state index in [-0.39, 0.29) is 17.2 Å². The van der Waals surface area contributed by atoms with Crippen molar-refractivity contribution in [2.24, 2.45) is 0 Å². The molecular formula is C21H19F2N5O. The summed E-state index contributed by atoms with van der Waals surface area (Å²) < 4.78 is 27.6. The maximum absolute atomic E-state index is 13.8. The number of para-hydroxylation sites is 1. The minimum Gasteiger partial charge on any atom is -0.372 e. The van der Waals surface area contributed by atoms with Gasteiger partial charge in [-0.15, -0.1) is 0 Å². The van der Waals surface area contributed by atoms with Gasteiger partial charge in [-0.3, -0.25) is 4.79 Å². The van der Waals surface area contributed by atoms with Crippen molar-refractivity contribution in [2.75, 3.05) is 28.6 Å². The first-order chi connectivity index (χ1) is 14.1. The fourth-order valence-corrected chi connectivity index (χ4v) is 3.22. The monoisotopic (exact) mass is 395 g/mol. The predicted octanol–water partition coefficient (Wildman–Crippen LogP) is 4.35. The number of hydrogen-bond acceptors (Lipinski definition) is 5. The molecule has 148 valence electrons. The summed E-state index contributed by atoms with van der Waals surface area (Å²) in [6.07, 6.45) is 3.55. The second kappa shape index (κ2) is 8.22. The number of amides is 1. The number of nitrogens with zero attached hydrogens (tertiary/aromatic N) is 3. The molecule has 0 bridgehead atoms. The molecule has 2 N–H and O–H groups in total. The van der Waals surface area contributed by atoms with E-state index in [9.17, 15) is 13.6 Å². The van der Waals surface area contributed by atoms with Gasteiger partial charge in [0.15, 0.2) is 0 Å². The first-order valence-corrected chi connectivity index (χ1v) is 9.29. The average Bonchev–Trinajstić information content (AvgIpc) is 3.26. The van der Waals surface area contributed by atoms with Crippen LogP contribution in [-0.4, -0.2) is 29.0 Å². The molecule has 6 nitrogen and oxygen atoms in total. The molecule has 2 heterocycles. The van der Waals surface area contributed by atoms with E-state index in [0.29, 0.717) is 5.69 Å². The van der Waals surface area contributed by atoms with E-state index < -0.39 is 17.5 Å². The molecule has 0 unspecified atom stereocenters. The summed E-state index contributed by atoms with van der Waals surface area (Å²) in [7, 11) is 0. The molecule has 1 fully saturated rings. The number of aromatic nitrogens is 2. The Labute approximate surface area is 166 Å². The van der Waals surface area contributed by atoms with Gasteiger partial charge < -0.3 is 15.5 Å². The topological polar surface area (TPSA) is 70.2 Å². The van der Waals surface area contributed by atoms with Crippen LogP contribution in [-0.2, 0) is 0 Å². The Kier molecular flexibility index (Phi) is 5.33. The van der Waals surface area contributed by atoms with Crippen LogP contribution in [0.2, 0.25) is 0 Å². The SMILES string of the molecule is O=C(Nc1ccc(N2CCCC2)cc1)c1cc(Nc2c(F)cccc2F)ncn1. The predicted molar refractivity (Wildman–Crippen MR) is 108 cm³/mol. The maximum Gasteiger partial charge on any atom is 0.274 e. The van der Waals surface area contributed by atoms with Gasteiger partial charge in [-0.05, 0) is 49.2 Å². The standard InChI is InChI=1S/C21H19F2N5O/c22-16-4-3-5-17(23)20(16)27-19-12-18(24-13-25-19)21(29)26-14-6-8-15(9-7-14)28-10-1-2-11-28/h3-9,12-13H,1-2,10-11H2,(H,26,29)(H,24,25,27). The van der Waals surface area contributed by atoms with Crippen molar-refractivity contribution in [2.45, 2.75) is 12.8 Å². The van der Waals surface area contributed by atoms with E-state index in [1.54, 1.807) is 0 Å². The average molecular weight is 395 g/mol. The summed E-state index contributed by atoms with van der Waals surface area (Å²) in [5, 5.41) is 5.32. The highest BCUT2D eigenvalue weighted by molar-refractivity contribution is 6.03. The Hall–Kier alpha value is -3.55. The zero-order valence-electron chi connectivity index (χ0n) is 15.5. The van der Waals surface area contributed by atoms with E-state index in [0.717, 1.165) is 37.2 Å². The smallest absolute Gasteiger partial charge is 0.274 e. The molecule has 0 aliphatic carbocycles. The lowest BCUT2D eigenvalue weighted by atomic mass is 10.2. The van der Waals surface area contributed by atoms with Gasteiger partial charge in [0, 0.05) is 30.5 Å². The summed E-state index contributed by atoms with van der Waals surface area (Å²) in [4.78, 5) is 22.7. The molecule has 1 saturated heterocycles. The Morgan fingerprint density at radius 1 is 0.966 bits per heavy atom. The fourth-order valence-electron chi connectivity index (χ4n) is 3.22. The molecule has 1 aliphatic heterocycles. The molecular weight excluding hydrogens is 376 g/mol. The van der Waals surface area contributed by atoms with Crippen LogP contribution in [0.4, 0.5) is 31.7 Å². The third kappa shape index (κ3) is 4.31. The molecule has 2 aromatic carbocycles. The van der Waals surface area contributed by atoms with Crippen molar-refractivity contribution in [3.05, 3.63) is 72.2 Å².